The maximum absolute atomic E-state index is 11.9. The quantitative estimate of drug-likeness (QED) is 0.866. The number of hydrogen-bond acceptors (Lipinski definition) is 3. The van der Waals surface area contributed by atoms with Crippen molar-refractivity contribution >= 4 is 5.97 Å². The number of ether oxygens (including phenoxy) is 1. The number of carbonyl (C=O) groups is 1. The molecule has 0 aliphatic heterocycles. The number of aliphatic hydroxyl groups is 1. The van der Waals surface area contributed by atoms with Crippen molar-refractivity contribution in [1.82, 2.24) is 0 Å². The molecule has 1 N–H and O–H groups in total. The lowest BCUT2D eigenvalue weighted by molar-refractivity contribution is 0.0472. The summed E-state index contributed by atoms with van der Waals surface area (Å²) in [6.07, 6.45) is -0.535. The Hall–Kier alpha value is -2.13. The number of rotatable bonds is 4. The van der Waals surface area contributed by atoms with Crippen LogP contribution in [0.25, 0.3) is 0 Å². The van der Waals surface area contributed by atoms with Crippen molar-refractivity contribution in [1.29, 1.82) is 0 Å². The number of aliphatic hydroxyl groups excluding tert-OH is 1. The van der Waals surface area contributed by atoms with Gasteiger partial charge in [-0.2, -0.15) is 0 Å². The highest BCUT2D eigenvalue weighted by molar-refractivity contribution is 5.89. The molecule has 0 aliphatic carbocycles. The van der Waals surface area contributed by atoms with Gasteiger partial charge in [0.05, 0.1) is 11.7 Å². The van der Waals surface area contributed by atoms with Gasteiger partial charge in [-0.25, -0.2) is 4.79 Å². The molecule has 2 aromatic carbocycles. The van der Waals surface area contributed by atoms with E-state index in [2.05, 4.69) is 0 Å². The SMILES string of the molecule is Cc1ccccc1COC(=O)c1ccc(C(C)O)cc1. The largest absolute Gasteiger partial charge is 0.457 e. The first-order valence-electron chi connectivity index (χ1n) is 6.57. The number of aryl methyl sites for hydroxylation is 1. The van der Waals surface area contributed by atoms with Crippen LogP contribution in [0.5, 0.6) is 0 Å². The molecule has 1 atom stereocenters. The number of carbonyl (C=O) groups excluding carboxylic acids is 1. The Bertz CT molecular complexity index is 585. The zero-order valence-corrected chi connectivity index (χ0v) is 11.7. The zero-order valence-electron chi connectivity index (χ0n) is 11.7. The Morgan fingerprint density at radius 2 is 1.80 bits per heavy atom. The van der Waals surface area contributed by atoms with Gasteiger partial charge in [0.15, 0.2) is 0 Å². The Morgan fingerprint density at radius 3 is 2.40 bits per heavy atom. The van der Waals surface area contributed by atoms with Crippen LogP contribution < -0.4 is 0 Å². The van der Waals surface area contributed by atoms with Crippen LogP contribution in [-0.4, -0.2) is 11.1 Å². The first kappa shape index (κ1) is 14.3. The molecule has 0 spiro atoms. The summed E-state index contributed by atoms with van der Waals surface area (Å²) in [6, 6.07) is 14.6. The minimum Gasteiger partial charge on any atom is -0.457 e. The van der Waals surface area contributed by atoms with Gasteiger partial charge < -0.3 is 9.84 Å². The monoisotopic (exact) mass is 270 g/mol. The fourth-order valence-electron chi connectivity index (χ4n) is 1.90. The lowest BCUT2D eigenvalue weighted by atomic mass is 10.1. The van der Waals surface area contributed by atoms with E-state index >= 15 is 0 Å². The molecule has 0 aromatic heterocycles. The minimum absolute atomic E-state index is 0.268. The van der Waals surface area contributed by atoms with Crippen LogP contribution in [-0.2, 0) is 11.3 Å². The lowest BCUT2D eigenvalue weighted by Crippen LogP contribution is -2.06. The van der Waals surface area contributed by atoms with E-state index in [-0.39, 0.29) is 12.6 Å². The second kappa shape index (κ2) is 6.35. The van der Waals surface area contributed by atoms with E-state index in [1.807, 2.05) is 31.2 Å². The Kier molecular flexibility index (Phi) is 4.53. The molecule has 104 valence electrons. The molecule has 0 fully saturated rings. The molecule has 20 heavy (non-hydrogen) atoms. The summed E-state index contributed by atoms with van der Waals surface area (Å²) in [5, 5.41) is 9.42. The van der Waals surface area contributed by atoms with Gasteiger partial charge in [-0.3, -0.25) is 0 Å². The van der Waals surface area contributed by atoms with Crippen LogP contribution in [0.1, 0.15) is 40.1 Å². The van der Waals surface area contributed by atoms with Crippen LogP contribution in [0, 0.1) is 6.92 Å². The van der Waals surface area contributed by atoms with Crippen LogP contribution in [0.3, 0.4) is 0 Å². The van der Waals surface area contributed by atoms with Gasteiger partial charge in [0.2, 0.25) is 0 Å². The van der Waals surface area contributed by atoms with Gasteiger partial charge in [-0.1, -0.05) is 36.4 Å². The van der Waals surface area contributed by atoms with E-state index < -0.39 is 6.10 Å². The highest BCUT2D eigenvalue weighted by Crippen LogP contribution is 2.14. The summed E-state index contributed by atoms with van der Waals surface area (Å²) in [6.45, 7) is 3.94. The van der Waals surface area contributed by atoms with Gasteiger partial charge in [0.25, 0.3) is 0 Å². The van der Waals surface area contributed by atoms with E-state index in [0.29, 0.717) is 5.56 Å². The zero-order chi connectivity index (χ0) is 14.5. The summed E-state index contributed by atoms with van der Waals surface area (Å²) >= 11 is 0. The first-order chi connectivity index (χ1) is 9.58. The summed E-state index contributed by atoms with van der Waals surface area (Å²) in [7, 11) is 0. The van der Waals surface area contributed by atoms with Gasteiger partial charge in [0, 0.05) is 0 Å². The third-order valence-electron chi connectivity index (χ3n) is 3.25. The van der Waals surface area contributed by atoms with Crippen LogP contribution in [0.15, 0.2) is 48.5 Å². The van der Waals surface area contributed by atoms with Crippen LogP contribution >= 0.6 is 0 Å². The molecule has 3 heteroatoms. The fraction of sp³-hybridized carbons (Fsp3) is 0.235. The highest BCUT2D eigenvalue weighted by atomic mass is 16.5. The molecule has 2 aromatic rings. The van der Waals surface area contributed by atoms with Crippen LogP contribution in [0.2, 0.25) is 0 Å². The molecular formula is C17H18O3. The van der Waals surface area contributed by atoms with E-state index in [1.165, 1.54) is 0 Å². The van der Waals surface area contributed by atoms with Crippen molar-refractivity contribution in [2.45, 2.75) is 26.6 Å². The van der Waals surface area contributed by atoms with Crippen LogP contribution in [0.4, 0.5) is 0 Å². The minimum atomic E-state index is -0.535. The van der Waals surface area contributed by atoms with Crippen molar-refractivity contribution < 1.29 is 14.6 Å². The molecule has 2 rings (SSSR count). The Balaban J connectivity index is 2.00. The highest BCUT2D eigenvalue weighted by Gasteiger charge is 2.09. The van der Waals surface area contributed by atoms with Crippen molar-refractivity contribution in [3.63, 3.8) is 0 Å². The van der Waals surface area contributed by atoms with Gasteiger partial charge >= 0.3 is 5.97 Å². The Labute approximate surface area is 118 Å². The van der Waals surface area contributed by atoms with Gasteiger partial charge in [-0.05, 0) is 42.7 Å². The smallest absolute Gasteiger partial charge is 0.338 e. The van der Waals surface area contributed by atoms with Crippen molar-refractivity contribution in [3.05, 3.63) is 70.8 Å². The second-order valence-corrected chi connectivity index (χ2v) is 4.80. The molecule has 0 saturated heterocycles. The molecule has 0 saturated carbocycles. The third kappa shape index (κ3) is 3.45. The Morgan fingerprint density at radius 1 is 1.15 bits per heavy atom. The maximum atomic E-state index is 11.9. The average molecular weight is 270 g/mol. The summed E-state index contributed by atoms with van der Waals surface area (Å²) in [4.78, 5) is 11.9. The van der Waals surface area contributed by atoms with Crippen molar-refractivity contribution in [3.8, 4) is 0 Å². The molecule has 0 radical (unpaired) electrons. The first-order valence-corrected chi connectivity index (χ1v) is 6.57. The topological polar surface area (TPSA) is 46.5 Å². The standard InChI is InChI=1S/C17H18O3/c1-12-5-3-4-6-16(12)11-20-17(19)15-9-7-14(8-10-15)13(2)18/h3-10,13,18H,11H2,1-2H3. The van der Waals surface area contributed by atoms with E-state index in [1.54, 1.807) is 31.2 Å². The number of hydrogen-bond donors (Lipinski definition) is 1. The average Bonchev–Trinajstić information content (AvgIpc) is 2.46. The number of esters is 1. The summed E-state index contributed by atoms with van der Waals surface area (Å²) in [5.41, 5.74) is 3.37. The molecular weight excluding hydrogens is 252 g/mol. The van der Waals surface area contributed by atoms with E-state index in [4.69, 9.17) is 4.74 Å². The predicted octanol–water partition coefficient (Wildman–Crippen LogP) is 3.41. The second-order valence-electron chi connectivity index (χ2n) is 4.80. The van der Waals surface area contributed by atoms with E-state index in [9.17, 15) is 9.90 Å². The van der Waals surface area contributed by atoms with E-state index in [0.717, 1.165) is 16.7 Å². The lowest BCUT2D eigenvalue weighted by Gasteiger charge is -2.08. The summed E-state index contributed by atoms with van der Waals surface area (Å²) in [5.74, 6) is -0.356. The third-order valence-corrected chi connectivity index (χ3v) is 3.25. The molecule has 0 heterocycles. The fourth-order valence-corrected chi connectivity index (χ4v) is 1.90. The molecule has 0 amide bonds. The van der Waals surface area contributed by atoms with Gasteiger partial charge in [-0.15, -0.1) is 0 Å². The summed E-state index contributed by atoms with van der Waals surface area (Å²) < 4.78 is 5.29. The predicted molar refractivity (Wildman–Crippen MR) is 77.4 cm³/mol. The molecule has 1 unspecified atom stereocenters. The van der Waals surface area contributed by atoms with Gasteiger partial charge in [0.1, 0.15) is 6.61 Å². The molecule has 0 aliphatic rings. The molecule has 3 nitrogen and oxygen atoms in total. The normalized spacial score (nSPS) is 11.9. The number of benzene rings is 2. The maximum Gasteiger partial charge on any atom is 0.338 e. The van der Waals surface area contributed by atoms with Crippen molar-refractivity contribution in [2.24, 2.45) is 0 Å². The van der Waals surface area contributed by atoms with Crippen molar-refractivity contribution in [2.75, 3.05) is 0 Å². The molecule has 0 bridgehead atoms.